The first-order chi connectivity index (χ1) is 12.9. The molecule has 27 heavy (non-hydrogen) atoms. The fourth-order valence-corrected chi connectivity index (χ4v) is 4.99. The predicted octanol–water partition coefficient (Wildman–Crippen LogP) is 1.79. The molecular formula is C19H21N3O4S. The largest absolute Gasteiger partial charge is 0.508 e. The van der Waals surface area contributed by atoms with Crippen LogP contribution in [0.15, 0.2) is 47.4 Å². The minimum atomic E-state index is -3.57. The number of phenols is 1. The van der Waals surface area contributed by atoms with Crippen LogP contribution < -0.4 is 10.2 Å². The maximum atomic E-state index is 13.0. The minimum absolute atomic E-state index is 0.0385. The number of hydrogen-bond acceptors (Lipinski definition) is 5. The van der Waals surface area contributed by atoms with Crippen molar-refractivity contribution in [3.05, 3.63) is 48.0 Å². The van der Waals surface area contributed by atoms with Crippen LogP contribution in [-0.2, 0) is 21.2 Å². The molecule has 7 nitrogen and oxygen atoms in total. The number of sulfonamides is 1. The van der Waals surface area contributed by atoms with Crippen LogP contribution >= 0.6 is 0 Å². The summed E-state index contributed by atoms with van der Waals surface area (Å²) in [6.45, 7) is 1.98. The molecule has 8 heteroatoms. The zero-order valence-corrected chi connectivity index (χ0v) is 15.6. The second-order valence-electron chi connectivity index (χ2n) is 6.77. The average molecular weight is 387 g/mol. The van der Waals surface area contributed by atoms with Gasteiger partial charge in [0.15, 0.2) is 0 Å². The van der Waals surface area contributed by atoms with E-state index in [2.05, 4.69) is 10.2 Å². The Morgan fingerprint density at radius 1 is 0.926 bits per heavy atom. The summed E-state index contributed by atoms with van der Waals surface area (Å²) in [6, 6.07) is 11.8. The van der Waals surface area contributed by atoms with Crippen molar-refractivity contribution in [3.63, 3.8) is 0 Å². The summed E-state index contributed by atoms with van der Waals surface area (Å²) in [5.41, 5.74) is 2.52. The van der Waals surface area contributed by atoms with Crippen LogP contribution in [0.5, 0.6) is 5.75 Å². The van der Waals surface area contributed by atoms with Crippen LogP contribution in [-0.4, -0.2) is 49.9 Å². The first kappa shape index (κ1) is 17.8. The number of amides is 1. The average Bonchev–Trinajstić information content (AvgIpc) is 2.68. The molecular weight excluding hydrogens is 366 g/mol. The number of aryl methyl sites for hydroxylation is 1. The highest BCUT2D eigenvalue weighted by molar-refractivity contribution is 7.89. The first-order valence-corrected chi connectivity index (χ1v) is 10.3. The van der Waals surface area contributed by atoms with E-state index in [0.717, 1.165) is 11.3 Å². The van der Waals surface area contributed by atoms with E-state index in [1.807, 2.05) is 12.1 Å². The third kappa shape index (κ3) is 3.50. The van der Waals surface area contributed by atoms with E-state index in [1.54, 1.807) is 30.3 Å². The Bertz CT molecular complexity index is 965. The highest BCUT2D eigenvalue weighted by Crippen LogP contribution is 2.28. The Hall–Kier alpha value is -2.58. The van der Waals surface area contributed by atoms with Gasteiger partial charge in [0.1, 0.15) is 5.75 Å². The number of benzene rings is 2. The molecule has 0 aliphatic carbocycles. The molecule has 0 saturated carbocycles. The van der Waals surface area contributed by atoms with Crippen molar-refractivity contribution in [1.29, 1.82) is 0 Å². The SMILES string of the molecule is O=C1CCc2cc(S(=O)(=O)N3CCN(c4ccc(O)cc4)CC3)ccc2N1. The number of nitrogens with zero attached hydrogens (tertiary/aromatic N) is 2. The molecule has 0 atom stereocenters. The highest BCUT2D eigenvalue weighted by Gasteiger charge is 2.29. The van der Waals surface area contributed by atoms with Crippen molar-refractivity contribution in [2.45, 2.75) is 17.7 Å². The van der Waals surface area contributed by atoms with Gasteiger partial charge >= 0.3 is 0 Å². The van der Waals surface area contributed by atoms with Gasteiger partial charge in [-0.2, -0.15) is 4.31 Å². The third-order valence-corrected chi connectivity index (χ3v) is 6.96. The Labute approximate surface area is 158 Å². The maximum absolute atomic E-state index is 13.0. The fraction of sp³-hybridized carbons (Fsp3) is 0.316. The first-order valence-electron chi connectivity index (χ1n) is 8.90. The van der Waals surface area contributed by atoms with E-state index in [0.29, 0.717) is 44.7 Å². The molecule has 142 valence electrons. The summed E-state index contributed by atoms with van der Waals surface area (Å²) in [6.07, 6.45) is 0.932. The lowest BCUT2D eigenvalue weighted by atomic mass is 10.0. The van der Waals surface area contributed by atoms with Gasteiger partial charge in [0, 0.05) is 44.0 Å². The second-order valence-corrected chi connectivity index (χ2v) is 8.71. The molecule has 1 amide bonds. The van der Waals surface area contributed by atoms with Gasteiger partial charge in [0.2, 0.25) is 15.9 Å². The summed E-state index contributed by atoms with van der Waals surface area (Å²) in [4.78, 5) is 13.8. The van der Waals surface area contributed by atoms with Gasteiger partial charge in [-0.1, -0.05) is 0 Å². The second kappa shape index (κ2) is 6.86. The number of rotatable bonds is 3. The molecule has 2 N–H and O–H groups in total. The van der Waals surface area contributed by atoms with Crippen LogP contribution in [0.25, 0.3) is 0 Å². The molecule has 0 radical (unpaired) electrons. The zero-order valence-electron chi connectivity index (χ0n) is 14.8. The summed E-state index contributed by atoms with van der Waals surface area (Å²) in [5, 5.41) is 12.2. The van der Waals surface area contributed by atoms with Crippen LogP contribution in [0.3, 0.4) is 0 Å². The smallest absolute Gasteiger partial charge is 0.243 e. The van der Waals surface area contributed by atoms with Crippen LogP contribution in [0.4, 0.5) is 11.4 Å². The van der Waals surface area contributed by atoms with Crippen molar-refractivity contribution in [1.82, 2.24) is 4.31 Å². The number of nitrogens with one attached hydrogen (secondary N) is 1. The van der Waals surface area contributed by atoms with Gasteiger partial charge in [-0.05, 0) is 54.4 Å². The standard InChI is InChI=1S/C19H21N3O4S/c23-16-4-2-15(3-5-16)21-9-11-22(12-10-21)27(25,26)17-6-7-18-14(13-17)1-8-19(24)20-18/h2-7,13,23H,1,8-12H2,(H,20,24). The maximum Gasteiger partial charge on any atom is 0.243 e. The fourth-order valence-electron chi connectivity index (χ4n) is 3.52. The molecule has 0 aromatic heterocycles. The van der Waals surface area contributed by atoms with E-state index in [9.17, 15) is 18.3 Å². The third-order valence-electron chi connectivity index (χ3n) is 5.06. The Balaban J connectivity index is 1.49. The molecule has 2 aliphatic rings. The Kier molecular flexibility index (Phi) is 4.53. The van der Waals surface area contributed by atoms with Crippen LogP contribution in [0.1, 0.15) is 12.0 Å². The van der Waals surface area contributed by atoms with Gasteiger partial charge in [-0.25, -0.2) is 8.42 Å². The molecule has 0 spiro atoms. The van der Waals surface area contributed by atoms with Gasteiger partial charge in [-0.15, -0.1) is 0 Å². The number of anilines is 2. The topological polar surface area (TPSA) is 90.0 Å². The van der Waals surface area contributed by atoms with E-state index >= 15 is 0 Å². The molecule has 1 saturated heterocycles. The van der Waals surface area contributed by atoms with Crippen molar-refractivity contribution in [2.75, 3.05) is 36.4 Å². The molecule has 2 aromatic rings. The van der Waals surface area contributed by atoms with E-state index in [1.165, 1.54) is 4.31 Å². The highest BCUT2D eigenvalue weighted by atomic mass is 32.2. The van der Waals surface area contributed by atoms with Crippen LogP contribution in [0.2, 0.25) is 0 Å². The lowest BCUT2D eigenvalue weighted by Gasteiger charge is -2.35. The van der Waals surface area contributed by atoms with Crippen LogP contribution in [0, 0.1) is 0 Å². The molecule has 4 rings (SSSR count). The molecule has 0 unspecified atom stereocenters. The van der Waals surface area contributed by atoms with E-state index in [4.69, 9.17) is 0 Å². The number of carbonyl (C=O) groups is 1. The molecule has 0 bridgehead atoms. The molecule has 2 aliphatic heterocycles. The molecule has 1 fully saturated rings. The summed E-state index contributed by atoms with van der Waals surface area (Å²) in [5.74, 6) is 0.173. The number of fused-ring (bicyclic) bond motifs is 1. The van der Waals surface area contributed by atoms with E-state index in [-0.39, 0.29) is 16.6 Å². The molecule has 2 heterocycles. The zero-order chi connectivity index (χ0) is 19.0. The van der Waals surface area contributed by atoms with Crippen molar-refractivity contribution in [2.24, 2.45) is 0 Å². The normalized spacial score (nSPS) is 18.1. The van der Waals surface area contributed by atoms with Gasteiger partial charge < -0.3 is 15.3 Å². The summed E-state index contributed by atoms with van der Waals surface area (Å²) >= 11 is 0. The van der Waals surface area contributed by atoms with Gasteiger partial charge in [0.25, 0.3) is 0 Å². The van der Waals surface area contributed by atoms with Gasteiger partial charge in [0.05, 0.1) is 4.90 Å². The number of aromatic hydroxyl groups is 1. The lowest BCUT2D eigenvalue weighted by molar-refractivity contribution is -0.116. The number of piperazine rings is 1. The minimum Gasteiger partial charge on any atom is -0.508 e. The summed E-state index contributed by atoms with van der Waals surface area (Å²) in [7, 11) is -3.57. The summed E-state index contributed by atoms with van der Waals surface area (Å²) < 4.78 is 27.5. The van der Waals surface area contributed by atoms with Gasteiger partial charge in [-0.3, -0.25) is 4.79 Å². The molecule has 2 aromatic carbocycles. The monoisotopic (exact) mass is 387 g/mol. The predicted molar refractivity (Wildman–Crippen MR) is 102 cm³/mol. The number of phenolic OH excluding ortho intramolecular Hbond substituents is 1. The number of carbonyl (C=O) groups excluding carboxylic acids is 1. The van der Waals surface area contributed by atoms with Crippen molar-refractivity contribution >= 4 is 27.3 Å². The Morgan fingerprint density at radius 3 is 2.33 bits per heavy atom. The van der Waals surface area contributed by atoms with E-state index < -0.39 is 10.0 Å². The van der Waals surface area contributed by atoms with Crippen molar-refractivity contribution < 1.29 is 18.3 Å². The Morgan fingerprint density at radius 2 is 1.63 bits per heavy atom. The van der Waals surface area contributed by atoms with Crippen molar-refractivity contribution in [3.8, 4) is 5.75 Å². The quantitative estimate of drug-likeness (QED) is 0.838. The lowest BCUT2D eigenvalue weighted by Crippen LogP contribution is -2.48. The number of hydrogen-bond donors (Lipinski definition) is 2.